The van der Waals surface area contributed by atoms with E-state index in [9.17, 15) is 20.0 Å². The number of hydrogen-bond donors (Lipinski definition) is 1. The highest BCUT2D eigenvalue weighted by Gasteiger charge is 2.13. The predicted octanol–water partition coefficient (Wildman–Crippen LogP) is 2.86. The molecule has 0 aliphatic heterocycles. The summed E-state index contributed by atoms with van der Waals surface area (Å²) in [5.41, 5.74) is 1.11. The zero-order valence-electron chi connectivity index (χ0n) is 12.2. The molecule has 0 atom stereocenters. The fourth-order valence-corrected chi connectivity index (χ4v) is 2.59. The number of nitro benzene ring substituents is 1. The molecule has 3 rings (SSSR count). The first kappa shape index (κ1) is 14.8. The lowest BCUT2D eigenvalue weighted by Crippen LogP contribution is -2.20. The molecule has 0 amide bonds. The second-order valence-corrected chi connectivity index (χ2v) is 5.21. The maximum Gasteiger partial charge on any atom is 0.270 e. The van der Waals surface area contributed by atoms with Gasteiger partial charge in [0, 0.05) is 30.1 Å². The van der Waals surface area contributed by atoms with Crippen molar-refractivity contribution in [2.45, 2.75) is 13.0 Å². The maximum absolute atomic E-state index is 12.2. The van der Waals surface area contributed by atoms with E-state index in [-0.39, 0.29) is 17.0 Å². The fourth-order valence-electron chi connectivity index (χ4n) is 2.59. The molecule has 0 fully saturated rings. The third-order valence-corrected chi connectivity index (χ3v) is 3.75. The molecule has 116 valence electrons. The molecule has 0 unspecified atom stereocenters. The molecule has 1 heterocycles. The zero-order chi connectivity index (χ0) is 16.4. The second-order valence-electron chi connectivity index (χ2n) is 5.21. The largest absolute Gasteiger partial charge is 0.507 e. The smallest absolute Gasteiger partial charge is 0.270 e. The second kappa shape index (κ2) is 5.92. The Labute approximate surface area is 131 Å². The van der Waals surface area contributed by atoms with E-state index in [1.165, 1.54) is 22.8 Å². The number of fused-ring (bicyclic) bond motifs is 1. The summed E-state index contributed by atoms with van der Waals surface area (Å²) < 4.78 is 1.52. The molecule has 0 aliphatic rings. The van der Waals surface area contributed by atoms with Crippen LogP contribution in [0.15, 0.2) is 59.4 Å². The molecular formula is C17H14N2O4. The van der Waals surface area contributed by atoms with Gasteiger partial charge in [0.1, 0.15) is 5.75 Å². The molecule has 1 aromatic heterocycles. The monoisotopic (exact) mass is 310 g/mol. The van der Waals surface area contributed by atoms with E-state index in [1.54, 1.807) is 0 Å². The van der Waals surface area contributed by atoms with Crippen LogP contribution in [-0.4, -0.2) is 14.6 Å². The molecule has 0 spiro atoms. The van der Waals surface area contributed by atoms with E-state index in [2.05, 4.69) is 0 Å². The van der Waals surface area contributed by atoms with Gasteiger partial charge >= 0.3 is 0 Å². The first-order valence-corrected chi connectivity index (χ1v) is 7.11. The number of non-ortho nitro benzene ring substituents is 1. The van der Waals surface area contributed by atoms with Crippen molar-refractivity contribution in [1.29, 1.82) is 0 Å². The summed E-state index contributed by atoms with van der Waals surface area (Å²) in [7, 11) is 0. The molecule has 0 radical (unpaired) electrons. The quantitative estimate of drug-likeness (QED) is 0.593. The summed E-state index contributed by atoms with van der Waals surface area (Å²) >= 11 is 0. The van der Waals surface area contributed by atoms with Gasteiger partial charge in [-0.15, -0.1) is 0 Å². The van der Waals surface area contributed by atoms with E-state index >= 15 is 0 Å². The van der Waals surface area contributed by atoms with Gasteiger partial charge in [-0.1, -0.05) is 30.3 Å². The zero-order valence-corrected chi connectivity index (χ0v) is 12.2. The minimum atomic E-state index is -0.529. The van der Waals surface area contributed by atoms with Crippen LogP contribution in [0.4, 0.5) is 5.69 Å². The number of nitrogens with zero attached hydrogens (tertiary/aromatic N) is 2. The fraction of sp³-hybridized carbons (Fsp3) is 0.118. The lowest BCUT2D eigenvalue weighted by molar-refractivity contribution is -0.384. The molecule has 0 saturated carbocycles. The van der Waals surface area contributed by atoms with Crippen LogP contribution in [0.2, 0.25) is 0 Å². The van der Waals surface area contributed by atoms with Crippen molar-refractivity contribution >= 4 is 16.6 Å². The van der Waals surface area contributed by atoms with Crippen LogP contribution in [0.5, 0.6) is 5.75 Å². The molecule has 6 heteroatoms. The molecule has 6 nitrogen and oxygen atoms in total. The number of hydrogen-bond acceptors (Lipinski definition) is 4. The lowest BCUT2D eigenvalue weighted by atomic mass is 10.1. The number of aromatic hydroxyl groups is 1. The minimum absolute atomic E-state index is 0.124. The Morgan fingerprint density at radius 2 is 1.83 bits per heavy atom. The van der Waals surface area contributed by atoms with Gasteiger partial charge in [0.15, 0.2) is 0 Å². The van der Waals surface area contributed by atoms with Gasteiger partial charge in [-0.3, -0.25) is 14.9 Å². The molecule has 23 heavy (non-hydrogen) atoms. The summed E-state index contributed by atoms with van der Waals surface area (Å²) in [6, 6.07) is 14.9. The van der Waals surface area contributed by atoms with E-state index < -0.39 is 4.92 Å². The van der Waals surface area contributed by atoms with Gasteiger partial charge in [-0.2, -0.15) is 0 Å². The van der Waals surface area contributed by atoms with E-state index in [1.807, 2.05) is 30.3 Å². The Balaban J connectivity index is 2.05. The van der Waals surface area contributed by atoms with Crippen molar-refractivity contribution in [3.8, 4) is 5.75 Å². The van der Waals surface area contributed by atoms with Gasteiger partial charge in [0.05, 0.1) is 10.4 Å². The Morgan fingerprint density at radius 3 is 2.52 bits per heavy atom. The Morgan fingerprint density at radius 1 is 1.09 bits per heavy atom. The summed E-state index contributed by atoms with van der Waals surface area (Å²) in [5.74, 6) is -0.246. The van der Waals surface area contributed by atoms with Crippen molar-refractivity contribution < 1.29 is 10.0 Å². The average molecular weight is 310 g/mol. The van der Waals surface area contributed by atoms with E-state index in [4.69, 9.17) is 0 Å². The highest BCUT2D eigenvalue weighted by Crippen LogP contribution is 2.26. The Bertz CT molecular complexity index is 932. The van der Waals surface area contributed by atoms with E-state index in [0.717, 1.165) is 11.6 Å². The number of aryl methyl sites for hydroxylation is 2. The summed E-state index contributed by atoms with van der Waals surface area (Å²) in [6.45, 7) is 0.428. The van der Waals surface area contributed by atoms with Gasteiger partial charge in [0.2, 0.25) is 0 Å². The predicted molar refractivity (Wildman–Crippen MR) is 86.7 cm³/mol. The summed E-state index contributed by atoms with van der Waals surface area (Å²) in [4.78, 5) is 22.5. The molecule has 2 aromatic carbocycles. The average Bonchev–Trinajstić information content (AvgIpc) is 2.55. The van der Waals surface area contributed by atoms with Crippen molar-refractivity contribution in [3.05, 3.63) is 80.6 Å². The van der Waals surface area contributed by atoms with Crippen molar-refractivity contribution in [1.82, 2.24) is 4.57 Å². The topological polar surface area (TPSA) is 85.4 Å². The molecule has 0 saturated heterocycles. The molecular weight excluding hydrogens is 296 g/mol. The van der Waals surface area contributed by atoms with Gasteiger partial charge < -0.3 is 9.67 Å². The Kier molecular flexibility index (Phi) is 3.80. The van der Waals surface area contributed by atoms with Crippen LogP contribution >= 0.6 is 0 Å². The van der Waals surface area contributed by atoms with Crippen LogP contribution in [0.25, 0.3) is 10.9 Å². The highest BCUT2D eigenvalue weighted by atomic mass is 16.6. The Hall–Kier alpha value is -3.15. The normalized spacial score (nSPS) is 10.8. The van der Waals surface area contributed by atoms with Crippen LogP contribution in [-0.2, 0) is 13.0 Å². The number of benzene rings is 2. The molecule has 0 bridgehead atoms. The maximum atomic E-state index is 12.2. The van der Waals surface area contributed by atoms with Crippen LogP contribution < -0.4 is 5.56 Å². The summed E-state index contributed by atoms with van der Waals surface area (Å²) in [6.07, 6.45) is 0.650. The van der Waals surface area contributed by atoms with Crippen molar-refractivity contribution in [2.24, 2.45) is 0 Å². The highest BCUT2D eigenvalue weighted by molar-refractivity contribution is 5.87. The first-order valence-electron chi connectivity index (χ1n) is 7.11. The molecule has 3 aromatic rings. The lowest BCUT2D eigenvalue weighted by Gasteiger charge is -2.11. The number of rotatable bonds is 4. The van der Waals surface area contributed by atoms with Gasteiger partial charge in [0.25, 0.3) is 11.2 Å². The van der Waals surface area contributed by atoms with Crippen LogP contribution in [0.1, 0.15) is 5.56 Å². The van der Waals surface area contributed by atoms with Crippen molar-refractivity contribution in [2.75, 3.05) is 0 Å². The van der Waals surface area contributed by atoms with Crippen LogP contribution in [0, 0.1) is 10.1 Å². The molecule has 0 aliphatic carbocycles. The number of pyridine rings is 1. The number of aromatic nitrogens is 1. The number of nitro groups is 1. The van der Waals surface area contributed by atoms with Gasteiger partial charge in [-0.25, -0.2) is 0 Å². The third kappa shape index (κ3) is 2.91. The molecule has 1 N–H and O–H groups in total. The minimum Gasteiger partial charge on any atom is -0.507 e. The third-order valence-electron chi connectivity index (χ3n) is 3.75. The van der Waals surface area contributed by atoms with Crippen molar-refractivity contribution in [3.63, 3.8) is 0 Å². The standard InChI is InChI=1S/C17H14N2O4/c20-16-11-17(21)18(9-8-12-4-2-1-3-5-12)15-7-6-13(19(22)23)10-14(15)16/h1-7,10-11,20H,8-9H2. The van der Waals surface area contributed by atoms with Crippen LogP contribution in [0.3, 0.4) is 0 Å². The van der Waals surface area contributed by atoms with E-state index in [0.29, 0.717) is 23.9 Å². The van der Waals surface area contributed by atoms with Gasteiger partial charge in [-0.05, 0) is 18.1 Å². The SMILES string of the molecule is O=c1cc(O)c2cc([N+](=O)[O-])ccc2n1CCc1ccccc1. The first-order chi connectivity index (χ1) is 11.1. The summed E-state index contributed by atoms with van der Waals surface area (Å²) in [5, 5.41) is 21.1.